The van der Waals surface area contributed by atoms with Gasteiger partial charge in [0, 0.05) is 18.7 Å². The van der Waals surface area contributed by atoms with E-state index >= 15 is 0 Å². The van der Waals surface area contributed by atoms with Gasteiger partial charge in [0.2, 0.25) is 5.91 Å². The van der Waals surface area contributed by atoms with E-state index in [1.165, 1.54) is 0 Å². The fraction of sp³-hybridized carbons (Fsp3) is 0.364. The number of carbonyl (C=O) groups is 1. The van der Waals surface area contributed by atoms with E-state index in [4.69, 9.17) is 10.8 Å². The van der Waals surface area contributed by atoms with Gasteiger partial charge in [-0.1, -0.05) is 12.1 Å². The van der Waals surface area contributed by atoms with Crippen molar-refractivity contribution < 1.29 is 9.90 Å². The number of hydrogen-bond donors (Lipinski definition) is 3. The number of carbonyl (C=O) groups excluding carboxylic acids is 1. The molecule has 1 amide bonds. The monoisotopic (exact) mass is 208 g/mol. The number of nitrogens with one attached hydrogen (secondary N) is 1. The summed E-state index contributed by atoms with van der Waals surface area (Å²) in [6.45, 7) is 2.95. The van der Waals surface area contributed by atoms with E-state index in [2.05, 4.69) is 5.32 Å². The van der Waals surface area contributed by atoms with Crippen LogP contribution in [0, 0.1) is 0 Å². The number of rotatable bonds is 5. The van der Waals surface area contributed by atoms with Gasteiger partial charge >= 0.3 is 0 Å². The molecule has 15 heavy (non-hydrogen) atoms. The lowest BCUT2D eigenvalue weighted by Crippen LogP contribution is -2.23. The number of amides is 1. The quantitative estimate of drug-likeness (QED) is 0.649. The van der Waals surface area contributed by atoms with E-state index in [0.29, 0.717) is 18.7 Å². The molecule has 4 heteroatoms. The molecule has 0 aliphatic carbocycles. The summed E-state index contributed by atoms with van der Waals surface area (Å²) in [7, 11) is 0. The Bertz CT molecular complexity index is 320. The Morgan fingerprint density at radius 3 is 2.53 bits per heavy atom. The third-order valence-corrected chi connectivity index (χ3v) is 2.01. The van der Waals surface area contributed by atoms with Gasteiger partial charge in [-0.3, -0.25) is 4.79 Å². The van der Waals surface area contributed by atoms with Crippen LogP contribution in [-0.4, -0.2) is 23.7 Å². The summed E-state index contributed by atoms with van der Waals surface area (Å²) in [6.07, 6.45) is -0.352. The molecule has 1 unspecified atom stereocenters. The second-order valence-corrected chi connectivity index (χ2v) is 3.54. The fourth-order valence-corrected chi connectivity index (χ4v) is 1.21. The van der Waals surface area contributed by atoms with Crippen molar-refractivity contribution in [3.63, 3.8) is 0 Å². The highest BCUT2D eigenvalue weighted by Crippen LogP contribution is 2.03. The zero-order valence-electron chi connectivity index (χ0n) is 8.73. The van der Waals surface area contributed by atoms with Gasteiger partial charge in [-0.2, -0.15) is 0 Å². The Labute approximate surface area is 89.1 Å². The topological polar surface area (TPSA) is 75.3 Å². The molecule has 1 atom stereocenters. The van der Waals surface area contributed by atoms with E-state index in [1.807, 2.05) is 12.1 Å². The first-order valence-electron chi connectivity index (χ1n) is 4.87. The maximum Gasteiger partial charge on any atom is 0.248 e. The molecule has 0 heterocycles. The Morgan fingerprint density at radius 2 is 2.07 bits per heavy atom. The fourth-order valence-electron chi connectivity index (χ4n) is 1.21. The van der Waals surface area contributed by atoms with Crippen LogP contribution in [0.3, 0.4) is 0 Å². The molecule has 1 aromatic rings. The van der Waals surface area contributed by atoms with Crippen molar-refractivity contribution >= 4 is 5.91 Å². The van der Waals surface area contributed by atoms with Crippen molar-refractivity contribution in [2.75, 3.05) is 6.54 Å². The summed E-state index contributed by atoms with van der Waals surface area (Å²) in [6, 6.07) is 7.08. The van der Waals surface area contributed by atoms with Gasteiger partial charge in [0.25, 0.3) is 0 Å². The largest absolute Gasteiger partial charge is 0.392 e. The molecular formula is C11H16N2O2. The van der Waals surface area contributed by atoms with Crippen molar-refractivity contribution in [1.82, 2.24) is 5.32 Å². The number of primary amides is 1. The van der Waals surface area contributed by atoms with Crippen molar-refractivity contribution in [2.24, 2.45) is 5.73 Å². The van der Waals surface area contributed by atoms with Gasteiger partial charge in [0.05, 0.1) is 6.10 Å². The molecule has 0 aliphatic heterocycles. The first-order chi connectivity index (χ1) is 7.09. The highest BCUT2D eigenvalue weighted by molar-refractivity contribution is 5.92. The summed E-state index contributed by atoms with van der Waals surface area (Å²) in [4.78, 5) is 10.8. The Morgan fingerprint density at radius 1 is 1.47 bits per heavy atom. The lowest BCUT2D eigenvalue weighted by molar-refractivity contribution is 0.100. The van der Waals surface area contributed by atoms with Crippen LogP contribution in [0.5, 0.6) is 0 Å². The summed E-state index contributed by atoms with van der Waals surface area (Å²) >= 11 is 0. The molecule has 0 bridgehead atoms. The molecule has 0 spiro atoms. The molecule has 82 valence electrons. The molecule has 4 nitrogen and oxygen atoms in total. The zero-order valence-corrected chi connectivity index (χ0v) is 8.73. The Balaban J connectivity index is 2.46. The molecule has 1 aromatic carbocycles. The third-order valence-electron chi connectivity index (χ3n) is 2.01. The smallest absolute Gasteiger partial charge is 0.248 e. The van der Waals surface area contributed by atoms with Crippen LogP contribution in [0.15, 0.2) is 24.3 Å². The van der Waals surface area contributed by atoms with Crippen molar-refractivity contribution in [3.8, 4) is 0 Å². The number of nitrogens with two attached hydrogens (primary N) is 1. The van der Waals surface area contributed by atoms with Gasteiger partial charge in [-0.05, 0) is 24.6 Å². The van der Waals surface area contributed by atoms with Crippen LogP contribution in [0.2, 0.25) is 0 Å². The SMILES string of the molecule is CC(O)CNCc1ccc(C(N)=O)cc1. The molecule has 0 saturated heterocycles. The van der Waals surface area contributed by atoms with Crippen LogP contribution in [0.25, 0.3) is 0 Å². The van der Waals surface area contributed by atoms with Gasteiger partial charge in [0.15, 0.2) is 0 Å². The minimum atomic E-state index is -0.418. The molecule has 4 N–H and O–H groups in total. The predicted octanol–water partition coefficient (Wildman–Crippen LogP) is 0.256. The lowest BCUT2D eigenvalue weighted by Gasteiger charge is -2.06. The third kappa shape index (κ3) is 4.10. The molecule has 0 saturated carbocycles. The number of aliphatic hydroxyl groups excluding tert-OH is 1. The predicted molar refractivity (Wildman–Crippen MR) is 58.3 cm³/mol. The summed E-state index contributed by atoms with van der Waals surface area (Å²) < 4.78 is 0. The highest BCUT2D eigenvalue weighted by atomic mass is 16.3. The average Bonchev–Trinajstić information content (AvgIpc) is 2.18. The van der Waals surface area contributed by atoms with Crippen LogP contribution in [0.4, 0.5) is 0 Å². The number of hydrogen-bond acceptors (Lipinski definition) is 3. The second kappa shape index (κ2) is 5.48. The molecule has 0 radical (unpaired) electrons. The molecule has 0 aromatic heterocycles. The van der Waals surface area contributed by atoms with Crippen LogP contribution < -0.4 is 11.1 Å². The van der Waals surface area contributed by atoms with Crippen LogP contribution in [0.1, 0.15) is 22.8 Å². The standard InChI is InChI=1S/C11H16N2O2/c1-8(14)6-13-7-9-2-4-10(5-3-9)11(12)15/h2-5,8,13-14H,6-7H2,1H3,(H2,12,15). The Kier molecular flexibility index (Phi) is 4.27. The van der Waals surface area contributed by atoms with E-state index in [1.54, 1.807) is 19.1 Å². The highest BCUT2D eigenvalue weighted by Gasteiger charge is 2.00. The molecule has 0 aliphatic rings. The zero-order chi connectivity index (χ0) is 11.3. The normalized spacial score (nSPS) is 12.4. The van der Waals surface area contributed by atoms with Gasteiger partial charge in [-0.15, -0.1) is 0 Å². The van der Waals surface area contributed by atoms with Crippen LogP contribution >= 0.6 is 0 Å². The van der Waals surface area contributed by atoms with Crippen molar-refractivity contribution in [1.29, 1.82) is 0 Å². The van der Waals surface area contributed by atoms with Gasteiger partial charge in [-0.25, -0.2) is 0 Å². The molecular weight excluding hydrogens is 192 g/mol. The number of benzene rings is 1. The lowest BCUT2D eigenvalue weighted by atomic mass is 10.1. The minimum absolute atomic E-state index is 0.352. The summed E-state index contributed by atoms with van der Waals surface area (Å²) in [5.41, 5.74) is 6.68. The summed E-state index contributed by atoms with van der Waals surface area (Å²) in [5.74, 6) is -0.418. The van der Waals surface area contributed by atoms with E-state index < -0.39 is 5.91 Å². The second-order valence-electron chi connectivity index (χ2n) is 3.54. The van der Waals surface area contributed by atoms with E-state index in [-0.39, 0.29) is 6.10 Å². The summed E-state index contributed by atoms with van der Waals surface area (Å²) in [5, 5.41) is 12.1. The maximum atomic E-state index is 10.8. The van der Waals surface area contributed by atoms with Crippen molar-refractivity contribution in [3.05, 3.63) is 35.4 Å². The van der Waals surface area contributed by atoms with Gasteiger partial charge < -0.3 is 16.2 Å². The Hall–Kier alpha value is -1.39. The maximum absolute atomic E-state index is 10.8. The first-order valence-corrected chi connectivity index (χ1v) is 4.87. The molecule has 0 fully saturated rings. The molecule has 1 rings (SSSR count). The number of aliphatic hydroxyl groups is 1. The van der Waals surface area contributed by atoms with Gasteiger partial charge in [0.1, 0.15) is 0 Å². The van der Waals surface area contributed by atoms with E-state index in [9.17, 15) is 4.79 Å². The van der Waals surface area contributed by atoms with Crippen molar-refractivity contribution in [2.45, 2.75) is 19.6 Å². The van der Waals surface area contributed by atoms with E-state index in [0.717, 1.165) is 5.56 Å². The first kappa shape index (κ1) is 11.7. The van der Waals surface area contributed by atoms with Crippen LogP contribution in [-0.2, 0) is 6.54 Å². The minimum Gasteiger partial charge on any atom is -0.392 e. The average molecular weight is 208 g/mol.